The Kier molecular flexibility index (Phi) is 9.53. The first-order valence-electron chi connectivity index (χ1n) is 8.89. The highest BCUT2D eigenvalue weighted by molar-refractivity contribution is 5.98. The molecule has 0 spiro atoms. The van der Waals surface area contributed by atoms with Crippen molar-refractivity contribution in [3.8, 4) is 5.75 Å². The molecule has 1 fully saturated rings. The molecule has 0 unspecified atom stereocenters. The van der Waals surface area contributed by atoms with Crippen LogP contribution in [0.1, 0.15) is 55.8 Å². The number of likely N-dealkylation sites (tertiary alicyclic amines) is 1. The van der Waals surface area contributed by atoms with Crippen molar-refractivity contribution in [2.75, 3.05) is 19.7 Å². The lowest BCUT2D eigenvalue weighted by molar-refractivity contribution is -0.130. The number of Topliss-reactive ketones (excluding diaryl/α,β-unsaturated/α-hetero) is 1. The number of ketones is 1. The highest BCUT2D eigenvalue weighted by Crippen LogP contribution is 2.16. The average molecular weight is 369 g/mol. The third kappa shape index (κ3) is 7.04. The van der Waals surface area contributed by atoms with Gasteiger partial charge in [0.05, 0.1) is 6.61 Å². The van der Waals surface area contributed by atoms with E-state index in [0.717, 1.165) is 25.0 Å². The van der Waals surface area contributed by atoms with Crippen molar-refractivity contribution >= 4 is 24.1 Å². The quantitative estimate of drug-likeness (QED) is 0.536. The van der Waals surface area contributed by atoms with E-state index in [-0.39, 0.29) is 43.0 Å². The van der Waals surface area contributed by atoms with Crippen molar-refractivity contribution in [2.24, 2.45) is 5.73 Å². The fraction of sp³-hybridized carbons (Fsp3) is 0.579. The van der Waals surface area contributed by atoms with Crippen LogP contribution < -0.4 is 10.5 Å². The topological polar surface area (TPSA) is 72.6 Å². The number of amides is 1. The van der Waals surface area contributed by atoms with Gasteiger partial charge in [-0.05, 0) is 37.1 Å². The number of nitrogens with zero attached hydrogens (tertiary/aromatic N) is 1. The maximum absolute atomic E-state index is 12.2. The Bertz CT molecular complexity index is 548. The number of carbonyl (C=O) groups excluding carboxylic acids is 2. The molecule has 1 heterocycles. The van der Waals surface area contributed by atoms with Crippen molar-refractivity contribution in [3.05, 3.63) is 29.8 Å². The van der Waals surface area contributed by atoms with Gasteiger partial charge >= 0.3 is 0 Å². The van der Waals surface area contributed by atoms with Crippen LogP contribution in [0, 0.1) is 0 Å². The zero-order valence-corrected chi connectivity index (χ0v) is 15.7. The Balaban J connectivity index is 0.00000312. The molecule has 0 bridgehead atoms. The van der Waals surface area contributed by atoms with Crippen molar-refractivity contribution < 1.29 is 14.3 Å². The molecular weight excluding hydrogens is 340 g/mol. The van der Waals surface area contributed by atoms with Gasteiger partial charge in [-0.15, -0.1) is 12.4 Å². The molecule has 1 saturated heterocycles. The number of carbonyl (C=O) groups is 2. The van der Waals surface area contributed by atoms with E-state index in [1.54, 1.807) is 17.0 Å². The van der Waals surface area contributed by atoms with Crippen LogP contribution in [0.25, 0.3) is 0 Å². The van der Waals surface area contributed by atoms with Crippen LogP contribution in [0.15, 0.2) is 24.3 Å². The number of ether oxygens (including phenoxy) is 1. The van der Waals surface area contributed by atoms with E-state index in [4.69, 9.17) is 10.5 Å². The zero-order valence-electron chi connectivity index (χ0n) is 14.9. The first-order chi connectivity index (χ1) is 11.6. The Morgan fingerprint density at radius 2 is 1.92 bits per heavy atom. The summed E-state index contributed by atoms with van der Waals surface area (Å²) in [7, 11) is 0. The van der Waals surface area contributed by atoms with E-state index >= 15 is 0 Å². The second-order valence-corrected chi connectivity index (χ2v) is 6.39. The van der Waals surface area contributed by atoms with Crippen LogP contribution in [0.3, 0.4) is 0 Å². The van der Waals surface area contributed by atoms with Gasteiger partial charge in [-0.25, -0.2) is 0 Å². The number of benzene rings is 1. The van der Waals surface area contributed by atoms with Gasteiger partial charge in [0.2, 0.25) is 5.91 Å². The Hall–Kier alpha value is -1.59. The van der Waals surface area contributed by atoms with Gasteiger partial charge in [0, 0.05) is 37.5 Å². The van der Waals surface area contributed by atoms with Crippen LogP contribution >= 0.6 is 12.4 Å². The molecule has 2 rings (SSSR count). The Labute approximate surface area is 156 Å². The zero-order chi connectivity index (χ0) is 17.4. The van der Waals surface area contributed by atoms with E-state index < -0.39 is 0 Å². The number of hydrogen-bond donors (Lipinski definition) is 1. The summed E-state index contributed by atoms with van der Waals surface area (Å²) in [5, 5.41) is 0. The molecule has 0 saturated carbocycles. The molecule has 0 aromatic heterocycles. The maximum atomic E-state index is 12.2. The predicted octanol–water partition coefficient (Wildman–Crippen LogP) is 3.20. The summed E-state index contributed by atoms with van der Waals surface area (Å²) >= 11 is 0. The third-order valence-electron chi connectivity index (χ3n) is 4.34. The van der Waals surface area contributed by atoms with Crippen LogP contribution in [0.2, 0.25) is 0 Å². The van der Waals surface area contributed by atoms with Crippen molar-refractivity contribution in [1.29, 1.82) is 0 Å². The highest BCUT2D eigenvalue weighted by Gasteiger charge is 2.23. The molecular formula is C19H29ClN2O3. The molecule has 1 aliphatic rings. The summed E-state index contributed by atoms with van der Waals surface area (Å²) in [4.78, 5) is 26.0. The van der Waals surface area contributed by atoms with Crippen molar-refractivity contribution in [1.82, 2.24) is 4.90 Å². The largest absolute Gasteiger partial charge is 0.494 e. The minimum atomic E-state index is -0.00983. The lowest BCUT2D eigenvalue weighted by Crippen LogP contribution is -2.32. The molecule has 2 N–H and O–H groups in total. The van der Waals surface area contributed by atoms with Crippen molar-refractivity contribution in [3.63, 3.8) is 0 Å². The van der Waals surface area contributed by atoms with E-state index in [0.29, 0.717) is 25.3 Å². The van der Waals surface area contributed by atoms with E-state index in [9.17, 15) is 9.59 Å². The smallest absolute Gasteiger partial charge is 0.223 e. The fourth-order valence-electron chi connectivity index (χ4n) is 2.82. The molecule has 6 heteroatoms. The molecule has 1 amide bonds. The number of nitrogens with two attached hydrogens (primary N) is 1. The second kappa shape index (κ2) is 11.1. The maximum Gasteiger partial charge on any atom is 0.223 e. The highest BCUT2D eigenvalue weighted by atomic mass is 35.5. The summed E-state index contributed by atoms with van der Waals surface area (Å²) < 4.78 is 5.63. The van der Waals surface area contributed by atoms with Crippen molar-refractivity contribution in [2.45, 2.75) is 51.5 Å². The molecule has 0 aliphatic carbocycles. The van der Waals surface area contributed by atoms with E-state index in [1.165, 1.54) is 6.42 Å². The number of rotatable bonds is 9. The summed E-state index contributed by atoms with van der Waals surface area (Å²) in [6.45, 7) is 4.17. The lowest BCUT2D eigenvalue weighted by Gasteiger charge is -2.15. The minimum Gasteiger partial charge on any atom is -0.494 e. The lowest BCUT2D eigenvalue weighted by atomic mass is 10.1. The predicted molar refractivity (Wildman–Crippen MR) is 101 cm³/mol. The summed E-state index contributed by atoms with van der Waals surface area (Å²) in [6.07, 6.45) is 4.70. The standard InChI is InChI=1S/C19H28N2O3.ClH/c1-2-3-4-13-24-17-7-5-15(6-8-17)18(22)9-10-19(23)21-12-11-16(20)14-21;/h5-8,16H,2-4,9-14,20H2,1H3;1H/t16-;/m1./s1. The molecule has 140 valence electrons. The Morgan fingerprint density at radius 3 is 2.52 bits per heavy atom. The first kappa shape index (κ1) is 21.5. The van der Waals surface area contributed by atoms with Crippen LogP contribution in [0.4, 0.5) is 0 Å². The fourth-order valence-corrected chi connectivity index (χ4v) is 2.82. The molecule has 5 nitrogen and oxygen atoms in total. The van der Waals surface area contributed by atoms with Gasteiger partial charge in [-0.2, -0.15) is 0 Å². The SMILES string of the molecule is CCCCCOc1ccc(C(=O)CCC(=O)N2CC[C@@H](N)C2)cc1.Cl. The molecule has 25 heavy (non-hydrogen) atoms. The molecule has 1 atom stereocenters. The molecule has 1 aromatic rings. The van der Waals surface area contributed by atoms with Gasteiger partial charge in [-0.1, -0.05) is 19.8 Å². The van der Waals surface area contributed by atoms with E-state index in [1.807, 2.05) is 12.1 Å². The Morgan fingerprint density at radius 1 is 1.20 bits per heavy atom. The average Bonchev–Trinajstić information content (AvgIpc) is 3.03. The van der Waals surface area contributed by atoms with Crippen LogP contribution in [0.5, 0.6) is 5.75 Å². The van der Waals surface area contributed by atoms with E-state index in [2.05, 4.69) is 6.92 Å². The van der Waals surface area contributed by atoms with Gasteiger partial charge < -0.3 is 15.4 Å². The van der Waals surface area contributed by atoms with Crippen LogP contribution in [-0.4, -0.2) is 42.3 Å². The molecule has 0 radical (unpaired) electrons. The monoisotopic (exact) mass is 368 g/mol. The summed E-state index contributed by atoms with van der Waals surface area (Å²) in [6, 6.07) is 7.26. The van der Waals surface area contributed by atoms with Gasteiger partial charge in [-0.3, -0.25) is 9.59 Å². The number of hydrogen-bond acceptors (Lipinski definition) is 4. The van der Waals surface area contributed by atoms with Gasteiger partial charge in [0.1, 0.15) is 5.75 Å². The van der Waals surface area contributed by atoms with Crippen LogP contribution in [-0.2, 0) is 4.79 Å². The normalized spacial score (nSPS) is 16.4. The summed E-state index contributed by atoms with van der Waals surface area (Å²) in [5.41, 5.74) is 6.43. The molecule has 1 aliphatic heterocycles. The number of halogens is 1. The first-order valence-corrected chi connectivity index (χ1v) is 8.89. The van der Waals surface area contributed by atoms with Gasteiger partial charge in [0.25, 0.3) is 0 Å². The third-order valence-corrected chi connectivity index (χ3v) is 4.34. The minimum absolute atomic E-state index is 0. The summed E-state index contributed by atoms with van der Waals surface area (Å²) in [5.74, 6) is 0.793. The second-order valence-electron chi connectivity index (χ2n) is 6.39. The number of unbranched alkanes of at least 4 members (excludes halogenated alkanes) is 2. The molecule has 1 aromatic carbocycles. The van der Waals surface area contributed by atoms with Gasteiger partial charge in [0.15, 0.2) is 5.78 Å².